The van der Waals surface area contributed by atoms with Crippen LogP contribution < -0.4 is 11.1 Å². The molecule has 0 atom stereocenters. The van der Waals surface area contributed by atoms with Gasteiger partial charge in [-0.15, -0.1) is 11.8 Å². The number of primary amides is 1. The van der Waals surface area contributed by atoms with Crippen LogP contribution >= 0.6 is 11.8 Å². The molecule has 1 fully saturated rings. The van der Waals surface area contributed by atoms with Crippen LogP contribution in [0.3, 0.4) is 0 Å². The van der Waals surface area contributed by atoms with Gasteiger partial charge in [0.15, 0.2) is 5.60 Å². The van der Waals surface area contributed by atoms with Crippen LogP contribution in [0.5, 0.6) is 0 Å². The molecule has 0 saturated heterocycles. The number of rotatable bonds is 7. The summed E-state index contributed by atoms with van der Waals surface area (Å²) in [6, 6.07) is 3.91. The summed E-state index contributed by atoms with van der Waals surface area (Å²) in [4.78, 5) is 28.4. The zero-order chi connectivity index (χ0) is 16.9. The molecule has 0 radical (unpaired) electrons. The van der Waals surface area contributed by atoms with E-state index in [0.717, 1.165) is 22.3 Å². The zero-order valence-corrected chi connectivity index (χ0v) is 14.3. The molecule has 2 amide bonds. The first-order chi connectivity index (χ1) is 10.9. The molecule has 1 saturated carbocycles. The molecule has 3 N–H and O–H groups in total. The SMILES string of the molecule is CC(C)(OC(N)=O)C(=O)NCc1ncccc1SCC1CCC1. The van der Waals surface area contributed by atoms with Gasteiger partial charge in [-0.25, -0.2) is 4.79 Å². The first-order valence-electron chi connectivity index (χ1n) is 7.72. The van der Waals surface area contributed by atoms with Gasteiger partial charge in [0, 0.05) is 16.8 Å². The van der Waals surface area contributed by atoms with Crippen LogP contribution in [0.1, 0.15) is 38.8 Å². The van der Waals surface area contributed by atoms with E-state index in [0.29, 0.717) is 0 Å². The van der Waals surface area contributed by atoms with Crippen molar-refractivity contribution in [3.8, 4) is 0 Å². The zero-order valence-electron chi connectivity index (χ0n) is 13.5. The number of hydrogen-bond acceptors (Lipinski definition) is 5. The molecule has 6 nitrogen and oxygen atoms in total. The maximum absolute atomic E-state index is 12.1. The second-order valence-corrected chi connectivity index (χ2v) is 7.23. The van der Waals surface area contributed by atoms with Crippen molar-refractivity contribution in [2.45, 2.75) is 50.2 Å². The van der Waals surface area contributed by atoms with Gasteiger partial charge in [0.05, 0.1) is 12.2 Å². The molecule has 7 heteroatoms. The predicted molar refractivity (Wildman–Crippen MR) is 88.9 cm³/mol. The number of nitrogens with one attached hydrogen (secondary N) is 1. The summed E-state index contributed by atoms with van der Waals surface area (Å²) >= 11 is 1.78. The summed E-state index contributed by atoms with van der Waals surface area (Å²) in [5, 5.41) is 2.75. The smallest absolute Gasteiger partial charge is 0.405 e. The fraction of sp³-hybridized carbons (Fsp3) is 0.562. The maximum Gasteiger partial charge on any atom is 0.405 e. The Morgan fingerprint density at radius 2 is 2.22 bits per heavy atom. The highest BCUT2D eigenvalue weighted by Gasteiger charge is 2.31. The van der Waals surface area contributed by atoms with E-state index < -0.39 is 17.6 Å². The van der Waals surface area contributed by atoms with Gasteiger partial charge in [-0.1, -0.05) is 6.42 Å². The minimum Gasteiger partial charge on any atom is -0.434 e. The number of carbonyl (C=O) groups excluding carboxylic acids is 2. The largest absolute Gasteiger partial charge is 0.434 e. The number of aromatic nitrogens is 1. The Morgan fingerprint density at radius 3 is 2.83 bits per heavy atom. The second kappa shape index (κ2) is 7.68. The minimum absolute atomic E-state index is 0.290. The molecule has 23 heavy (non-hydrogen) atoms. The van der Waals surface area contributed by atoms with Gasteiger partial charge in [-0.2, -0.15) is 0 Å². The highest BCUT2D eigenvalue weighted by molar-refractivity contribution is 7.99. The lowest BCUT2D eigenvalue weighted by Crippen LogP contribution is -2.46. The highest BCUT2D eigenvalue weighted by Crippen LogP contribution is 2.33. The van der Waals surface area contributed by atoms with Crippen LogP contribution in [0.4, 0.5) is 4.79 Å². The lowest BCUT2D eigenvalue weighted by Gasteiger charge is -2.25. The number of nitrogens with two attached hydrogens (primary N) is 1. The summed E-state index contributed by atoms with van der Waals surface area (Å²) < 4.78 is 4.82. The third-order valence-corrected chi connectivity index (χ3v) is 5.19. The average Bonchev–Trinajstić information content (AvgIpc) is 2.42. The van der Waals surface area contributed by atoms with E-state index in [9.17, 15) is 9.59 Å². The van der Waals surface area contributed by atoms with Gasteiger partial charge < -0.3 is 15.8 Å². The van der Waals surface area contributed by atoms with Crippen molar-refractivity contribution >= 4 is 23.8 Å². The molecular formula is C16H23N3O3S. The number of thioether (sulfide) groups is 1. The van der Waals surface area contributed by atoms with E-state index in [4.69, 9.17) is 10.5 Å². The van der Waals surface area contributed by atoms with Gasteiger partial charge >= 0.3 is 6.09 Å². The third-order valence-electron chi connectivity index (χ3n) is 3.87. The number of amides is 2. The summed E-state index contributed by atoms with van der Waals surface area (Å²) in [5.74, 6) is 1.48. The molecule has 0 aliphatic heterocycles. The topological polar surface area (TPSA) is 94.3 Å². The Morgan fingerprint density at radius 1 is 1.48 bits per heavy atom. The van der Waals surface area contributed by atoms with Crippen molar-refractivity contribution in [2.75, 3.05) is 5.75 Å². The lowest BCUT2D eigenvalue weighted by atomic mass is 9.87. The van der Waals surface area contributed by atoms with E-state index in [-0.39, 0.29) is 6.54 Å². The normalized spacial score (nSPS) is 14.9. The van der Waals surface area contributed by atoms with E-state index >= 15 is 0 Å². The fourth-order valence-electron chi connectivity index (χ4n) is 2.23. The number of ether oxygens (including phenoxy) is 1. The van der Waals surface area contributed by atoms with Gasteiger partial charge in [0.25, 0.3) is 5.91 Å². The van der Waals surface area contributed by atoms with Gasteiger partial charge in [0.2, 0.25) is 0 Å². The maximum atomic E-state index is 12.1. The Balaban J connectivity index is 1.91. The quantitative estimate of drug-likeness (QED) is 0.745. The van der Waals surface area contributed by atoms with Gasteiger partial charge in [-0.3, -0.25) is 9.78 Å². The third kappa shape index (κ3) is 5.13. The Bertz CT molecular complexity index is 573. The van der Waals surface area contributed by atoms with Crippen molar-refractivity contribution in [1.82, 2.24) is 10.3 Å². The van der Waals surface area contributed by atoms with Crippen molar-refractivity contribution in [3.63, 3.8) is 0 Å². The number of hydrogen-bond donors (Lipinski definition) is 2. The Kier molecular flexibility index (Phi) is 5.87. The first kappa shape index (κ1) is 17.6. The van der Waals surface area contributed by atoms with Crippen LogP contribution in [-0.4, -0.2) is 28.3 Å². The molecule has 1 aliphatic rings. The van der Waals surface area contributed by atoms with Gasteiger partial charge in [0.1, 0.15) is 0 Å². The van der Waals surface area contributed by atoms with E-state index in [1.54, 1.807) is 18.0 Å². The molecule has 1 aromatic rings. The summed E-state index contributed by atoms with van der Waals surface area (Å²) in [6.07, 6.45) is 4.67. The molecule has 0 spiro atoms. The summed E-state index contributed by atoms with van der Waals surface area (Å²) in [5.41, 5.74) is 4.49. The van der Waals surface area contributed by atoms with Crippen LogP contribution in [0, 0.1) is 5.92 Å². The van der Waals surface area contributed by atoms with E-state index in [1.165, 1.54) is 33.1 Å². The first-order valence-corrected chi connectivity index (χ1v) is 8.70. The monoisotopic (exact) mass is 337 g/mol. The number of pyridine rings is 1. The van der Waals surface area contributed by atoms with Gasteiger partial charge in [-0.05, 0) is 44.7 Å². The highest BCUT2D eigenvalue weighted by atomic mass is 32.2. The summed E-state index contributed by atoms with van der Waals surface area (Å²) in [7, 11) is 0. The van der Waals surface area contributed by atoms with Crippen LogP contribution in [0.15, 0.2) is 23.2 Å². The predicted octanol–water partition coefficient (Wildman–Crippen LogP) is 2.46. The molecule has 0 aromatic carbocycles. The van der Waals surface area contributed by atoms with Crippen molar-refractivity contribution in [1.29, 1.82) is 0 Å². The van der Waals surface area contributed by atoms with E-state index in [1.807, 2.05) is 12.1 Å². The van der Waals surface area contributed by atoms with Crippen LogP contribution in [-0.2, 0) is 16.1 Å². The van der Waals surface area contributed by atoms with Crippen LogP contribution in [0.25, 0.3) is 0 Å². The molecule has 1 aromatic heterocycles. The average molecular weight is 337 g/mol. The second-order valence-electron chi connectivity index (χ2n) is 6.17. The Hall–Kier alpha value is -1.76. The lowest BCUT2D eigenvalue weighted by molar-refractivity contribution is -0.136. The molecule has 1 aliphatic carbocycles. The summed E-state index contributed by atoms with van der Waals surface area (Å²) in [6.45, 7) is 3.29. The fourth-order valence-corrected chi connectivity index (χ4v) is 3.44. The van der Waals surface area contributed by atoms with Crippen LogP contribution in [0.2, 0.25) is 0 Å². The molecule has 126 valence electrons. The molecular weight excluding hydrogens is 314 g/mol. The number of nitrogens with zero attached hydrogens (tertiary/aromatic N) is 1. The standard InChI is InChI=1S/C16H23N3O3S/c1-16(2,22-15(17)21)14(20)19-9-12-13(7-4-8-18-12)23-10-11-5-3-6-11/h4,7-8,11H,3,5-6,9-10H2,1-2H3,(H2,17,21)(H,19,20). The van der Waals surface area contributed by atoms with E-state index in [2.05, 4.69) is 10.3 Å². The number of carbonyl (C=O) groups is 2. The minimum atomic E-state index is -1.31. The molecule has 0 unspecified atom stereocenters. The Labute approximate surface area is 140 Å². The molecule has 0 bridgehead atoms. The molecule has 2 rings (SSSR count). The van der Waals surface area contributed by atoms with Crippen molar-refractivity contribution < 1.29 is 14.3 Å². The van der Waals surface area contributed by atoms with Crippen molar-refractivity contribution in [2.24, 2.45) is 11.7 Å². The molecule has 1 heterocycles. The van der Waals surface area contributed by atoms with Crippen molar-refractivity contribution in [3.05, 3.63) is 24.0 Å².